The van der Waals surface area contributed by atoms with Crippen molar-refractivity contribution in [1.82, 2.24) is 0 Å². The highest BCUT2D eigenvalue weighted by Gasteiger charge is 2.24. The Morgan fingerprint density at radius 3 is 1.57 bits per heavy atom. The second-order valence-corrected chi connectivity index (χ2v) is 10.7. The molecule has 0 radical (unpaired) electrons. The third kappa shape index (κ3) is 5.61. The molecule has 0 aromatic heterocycles. The maximum absolute atomic E-state index is 12.5. The summed E-state index contributed by atoms with van der Waals surface area (Å²) in [5, 5.41) is 10.2. The molecule has 0 atom stereocenters. The van der Waals surface area contributed by atoms with Crippen molar-refractivity contribution >= 4 is 23.0 Å². The summed E-state index contributed by atoms with van der Waals surface area (Å²) in [5.74, 6) is -1.05. The van der Waals surface area contributed by atoms with Gasteiger partial charge in [-0.3, -0.25) is 0 Å². The third-order valence-corrected chi connectivity index (χ3v) is 7.99. The lowest BCUT2D eigenvalue weighted by atomic mass is 9.82. The molecule has 37 heavy (non-hydrogen) atoms. The van der Waals surface area contributed by atoms with Crippen LogP contribution in [0.2, 0.25) is 0 Å². The van der Waals surface area contributed by atoms with Crippen LogP contribution in [-0.4, -0.2) is 51.4 Å². The number of nitrogens with zero attached hydrogens (tertiary/aromatic N) is 3. The first kappa shape index (κ1) is 25.2. The lowest BCUT2D eigenvalue weighted by Crippen LogP contribution is -2.29. The number of benzene rings is 3. The number of anilines is 3. The van der Waals surface area contributed by atoms with Gasteiger partial charge in [-0.2, -0.15) is 0 Å². The molecule has 3 aromatic carbocycles. The van der Waals surface area contributed by atoms with Gasteiger partial charge in [0.1, 0.15) is 0 Å². The Hall–Kier alpha value is -3.47. The average Bonchev–Trinajstić information content (AvgIpc) is 2.95. The van der Waals surface area contributed by atoms with Gasteiger partial charge in [-0.1, -0.05) is 30.3 Å². The van der Waals surface area contributed by atoms with Gasteiger partial charge in [-0.05, 0) is 91.6 Å². The summed E-state index contributed by atoms with van der Waals surface area (Å²) in [4.78, 5) is 19.3. The molecule has 3 aromatic rings. The zero-order valence-corrected chi connectivity index (χ0v) is 22.2. The molecule has 0 unspecified atom stereocenters. The molecule has 5 rings (SSSR count). The van der Waals surface area contributed by atoms with Gasteiger partial charge in [-0.25, -0.2) is 4.79 Å². The van der Waals surface area contributed by atoms with Crippen molar-refractivity contribution in [1.29, 1.82) is 0 Å². The Labute approximate surface area is 221 Å². The molecule has 0 bridgehead atoms. The highest BCUT2D eigenvalue weighted by atomic mass is 16.4. The van der Waals surface area contributed by atoms with E-state index in [-0.39, 0.29) is 5.92 Å². The van der Waals surface area contributed by atoms with Gasteiger partial charge >= 0.3 is 5.97 Å². The number of carbonyl (C=O) groups is 1. The van der Waals surface area contributed by atoms with Gasteiger partial charge < -0.3 is 19.8 Å². The van der Waals surface area contributed by atoms with Crippen LogP contribution in [0.3, 0.4) is 0 Å². The first-order chi connectivity index (χ1) is 18.0. The van der Waals surface area contributed by atoms with E-state index in [1.807, 2.05) is 31.1 Å². The van der Waals surface area contributed by atoms with Gasteiger partial charge in [0.25, 0.3) is 0 Å². The molecule has 0 saturated carbocycles. The highest BCUT2D eigenvalue weighted by Crippen LogP contribution is 2.37. The Morgan fingerprint density at radius 2 is 1.16 bits per heavy atom. The number of carboxylic acids is 1. The smallest absolute Gasteiger partial charge is 0.336 e. The van der Waals surface area contributed by atoms with E-state index < -0.39 is 5.97 Å². The van der Waals surface area contributed by atoms with Crippen molar-refractivity contribution in [2.24, 2.45) is 0 Å². The molecule has 0 aliphatic carbocycles. The van der Waals surface area contributed by atoms with E-state index in [2.05, 4.69) is 58.3 Å². The summed E-state index contributed by atoms with van der Waals surface area (Å²) in [7, 11) is 3.88. The van der Waals surface area contributed by atoms with E-state index in [4.69, 9.17) is 0 Å². The van der Waals surface area contributed by atoms with E-state index in [1.54, 1.807) is 6.07 Å². The zero-order valence-electron chi connectivity index (χ0n) is 22.2. The van der Waals surface area contributed by atoms with Crippen molar-refractivity contribution in [2.75, 3.05) is 55.0 Å². The molecule has 2 aliphatic heterocycles. The molecule has 2 saturated heterocycles. The van der Waals surface area contributed by atoms with Crippen LogP contribution in [-0.2, 0) is 0 Å². The van der Waals surface area contributed by atoms with E-state index in [0.717, 1.165) is 48.6 Å². The van der Waals surface area contributed by atoms with Gasteiger partial charge in [0.2, 0.25) is 0 Å². The second kappa shape index (κ2) is 11.3. The van der Waals surface area contributed by atoms with Crippen molar-refractivity contribution in [3.05, 3.63) is 89.0 Å². The molecule has 194 valence electrons. The van der Waals surface area contributed by atoms with Gasteiger partial charge in [0, 0.05) is 63.3 Å². The molecular weight excluding hydrogens is 458 g/mol. The lowest BCUT2D eigenvalue weighted by molar-refractivity contribution is 0.0695. The second-order valence-electron chi connectivity index (χ2n) is 10.7. The number of carboxylic acid groups (broad SMARTS) is 1. The van der Waals surface area contributed by atoms with Crippen LogP contribution < -0.4 is 14.7 Å². The predicted octanol–water partition coefficient (Wildman–Crippen LogP) is 6.61. The molecule has 0 amide bonds. The molecule has 0 spiro atoms. The normalized spacial score (nSPS) is 16.2. The largest absolute Gasteiger partial charge is 0.478 e. The first-order valence-corrected chi connectivity index (χ1v) is 13.8. The monoisotopic (exact) mass is 497 g/mol. The minimum atomic E-state index is -0.890. The molecular formula is C32H39N3O2. The van der Waals surface area contributed by atoms with Crippen molar-refractivity contribution < 1.29 is 9.90 Å². The molecule has 2 fully saturated rings. The number of aromatic carboxylic acids is 1. The van der Waals surface area contributed by atoms with Gasteiger partial charge in [-0.15, -0.1) is 0 Å². The minimum Gasteiger partial charge on any atom is -0.478 e. The number of hydrogen-bond donors (Lipinski definition) is 1. The number of rotatable bonds is 7. The minimum absolute atomic E-state index is 0.159. The molecule has 1 N–H and O–H groups in total. The van der Waals surface area contributed by atoms with Crippen LogP contribution in [0.5, 0.6) is 0 Å². The van der Waals surface area contributed by atoms with Crippen molar-refractivity contribution in [3.63, 3.8) is 0 Å². The fraction of sp³-hybridized carbons (Fsp3) is 0.406. The van der Waals surface area contributed by atoms with Crippen LogP contribution in [0.25, 0.3) is 0 Å². The van der Waals surface area contributed by atoms with Gasteiger partial charge in [0.05, 0.1) is 5.56 Å². The fourth-order valence-corrected chi connectivity index (χ4v) is 5.87. The third-order valence-electron chi connectivity index (χ3n) is 7.99. The first-order valence-electron chi connectivity index (χ1n) is 13.8. The molecule has 2 heterocycles. The number of piperidine rings is 2. The lowest BCUT2D eigenvalue weighted by Gasteiger charge is -2.30. The summed E-state index contributed by atoms with van der Waals surface area (Å²) in [6, 6.07) is 23.5. The summed E-state index contributed by atoms with van der Waals surface area (Å²) in [6.07, 6.45) is 7.60. The fourth-order valence-electron chi connectivity index (χ4n) is 5.87. The zero-order chi connectivity index (χ0) is 25.8. The van der Waals surface area contributed by atoms with Crippen molar-refractivity contribution in [3.8, 4) is 0 Å². The van der Waals surface area contributed by atoms with Gasteiger partial charge in [0.15, 0.2) is 0 Å². The highest BCUT2D eigenvalue weighted by molar-refractivity contribution is 5.91. The molecule has 5 heteroatoms. The summed E-state index contributed by atoms with van der Waals surface area (Å²) in [6.45, 7) is 4.43. The standard InChI is InChI=1S/C32H39N3O2/c1-33(2)28-17-18-29(30(23-28)32(36)37)31(24-9-13-26(14-10-24)34-19-5-3-6-20-34)25-11-15-27(16-12-25)35-21-7-4-8-22-35/h9-18,23,31H,3-8,19-22H2,1-2H3,(H,36,37). The number of hydrogen-bond acceptors (Lipinski definition) is 4. The summed E-state index contributed by atoms with van der Waals surface area (Å²) >= 11 is 0. The van der Waals surface area contributed by atoms with E-state index in [0.29, 0.717) is 5.56 Å². The Kier molecular flexibility index (Phi) is 7.68. The molecule has 2 aliphatic rings. The van der Waals surface area contributed by atoms with Crippen LogP contribution >= 0.6 is 0 Å². The van der Waals surface area contributed by atoms with Crippen molar-refractivity contribution in [2.45, 2.75) is 44.4 Å². The Bertz CT molecular complexity index is 1130. The van der Waals surface area contributed by atoms with Crippen LogP contribution in [0.15, 0.2) is 66.7 Å². The topological polar surface area (TPSA) is 47.0 Å². The maximum Gasteiger partial charge on any atom is 0.336 e. The SMILES string of the molecule is CN(C)c1ccc(C(c2ccc(N3CCCCC3)cc2)c2ccc(N3CCCCC3)cc2)c(C(=O)O)c1. The Morgan fingerprint density at radius 1 is 0.703 bits per heavy atom. The average molecular weight is 498 g/mol. The van der Waals surface area contributed by atoms with E-state index >= 15 is 0 Å². The predicted molar refractivity (Wildman–Crippen MR) is 154 cm³/mol. The van der Waals surface area contributed by atoms with Crippen LogP contribution in [0.1, 0.15) is 71.5 Å². The van der Waals surface area contributed by atoms with Crippen LogP contribution in [0, 0.1) is 0 Å². The molecule has 5 nitrogen and oxygen atoms in total. The van der Waals surface area contributed by atoms with E-state index in [9.17, 15) is 9.90 Å². The maximum atomic E-state index is 12.5. The summed E-state index contributed by atoms with van der Waals surface area (Å²) < 4.78 is 0. The van der Waals surface area contributed by atoms with E-state index in [1.165, 1.54) is 49.9 Å². The quantitative estimate of drug-likeness (QED) is 0.372. The Balaban J connectivity index is 1.55. The summed E-state index contributed by atoms with van der Waals surface area (Å²) in [5.41, 5.74) is 6.82. The van der Waals surface area contributed by atoms with Crippen LogP contribution in [0.4, 0.5) is 17.1 Å².